The molecule has 0 aliphatic carbocycles. The molecule has 0 saturated carbocycles. The smallest absolute Gasteiger partial charge is 0.308 e. The van der Waals surface area contributed by atoms with Gasteiger partial charge in [-0.3, -0.25) is 19.3 Å². The molecule has 1 saturated heterocycles. The number of nitrogens with one attached hydrogen (secondary N) is 1. The first-order chi connectivity index (χ1) is 13.4. The van der Waals surface area contributed by atoms with Crippen molar-refractivity contribution in [1.29, 1.82) is 0 Å². The molecule has 8 nitrogen and oxygen atoms in total. The van der Waals surface area contributed by atoms with Crippen LogP contribution < -0.4 is 4.72 Å². The molecule has 2 aromatic rings. The maximum absolute atomic E-state index is 12.6. The minimum absolute atomic E-state index is 0.0604. The highest BCUT2D eigenvalue weighted by molar-refractivity contribution is 7.92. The lowest BCUT2D eigenvalue weighted by molar-refractivity contribution is -0.146. The average molecular weight is 403 g/mol. The first-order valence-corrected chi connectivity index (χ1v) is 10.3. The average Bonchev–Trinajstić information content (AvgIpc) is 2.73. The molecule has 0 unspecified atom stereocenters. The number of amides is 1. The molecule has 1 amide bonds. The maximum atomic E-state index is 12.6. The number of aromatic nitrogens is 1. The zero-order valence-electron chi connectivity index (χ0n) is 15.4. The number of sulfonamides is 1. The Morgan fingerprint density at radius 2 is 1.68 bits per heavy atom. The summed E-state index contributed by atoms with van der Waals surface area (Å²) in [6, 6.07) is 8.89. The van der Waals surface area contributed by atoms with Gasteiger partial charge >= 0.3 is 5.97 Å². The lowest BCUT2D eigenvalue weighted by Gasteiger charge is -2.30. The second-order valence-electron chi connectivity index (χ2n) is 6.46. The van der Waals surface area contributed by atoms with Crippen molar-refractivity contribution >= 4 is 27.6 Å². The fourth-order valence-electron chi connectivity index (χ4n) is 3.08. The molecule has 0 radical (unpaired) electrons. The lowest BCUT2D eigenvalue weighted by atomic mass is 9.96. The van der Waals surface area contributed by atoms with Crippen molar-refractivity contribution in [2.24, 2.45) is 5.92 Å². The third-order valence-electron chi connectivity index (χ3n) is 4.66. The Balaban J connectivity index is 1.65. The molecule has 148 valence electrons. The van der Waals surface area contributed by atoms with Gasteiger partial charge < -0.3 is 9.64 Å². The van der Waals surface area contributed by atoms with E-state index in [1.165, 1.54) is 43.8 Å². The number of piperidine rings is 1. The molecule has 0 bridgehead atoms. The normalized spacial score (nSPS) is 15.1. The van der Waals surface area contributed by atoms with Crippen LogP contribution in [0.25, 0.3) is 0 Å². The van der Waals surface area contributed by atoms with Crippen LogP contribution in [0.3, 0.4) is 0 Å². The molecule has 2 heterocycles. The number of nitrogens with zero attached hydrogens (tertiary/aromatic N) is 2. The number of likely N-dealkylation sites (tertiary alicyclic amines) is 1. The Kier molecular flexibility index (Phi) is 5.93. The second kappa shape index (κ2) is 8.39. The standard InChI is InChI=1S/C19H21N3O5S/c1-27-19(24)15-8-12-22(13-9-15)18(23)14-2-4-17(5-3-14)28(25,26)21-16-6-10-20-11-7-16/h2-7,10-11,15H,8-9,12-13H2,1H3,(H,20,21). The van der Waals surface area contributed by atoms with Gasteiger partial charge in [0.1, 0.15) is 0 Å². The van der Waals surface area contributed by atoms with Crippen LogP contribution in [0.1, 0.15) is 23.2 Å². The third kappa shape index (κ3) is 4.48. The van der Waals surface area contributed by atoms with E-state index >= 15 is 0 Å². The van der Waals surface area contributed by atoms with Crippen LogP contribution in [-0.4, -0.2) is 50.4 Å². The van der Waals surface area contributed by atoms with Gasteiger partial charge in [-0.25, -0.2) is 8.42 Å². The fraction of sp³-hybridized carbons (Fsp3) is 0.316. The van der Waals surface area contributed by atoms with Crippen LogP contribution in [0.5, 0.6) is 0 Å². The number of carbonyl (C=O) groups is 2. The highest BCUT2D eigenvalue weighted by atomic mass is 32.2. The number of rotatable bonds is 5. The summed E-state index contributed by atoms with van der Waals surface area (Å²) in [4.78, 5) is 29.8. The fourth-order valence-corrected chi connectivity index (χ4v) is 4.14. The monoisotopic (exact) mass is 403 g/mol. The van der Waals surface area contributed by atoms with Crippen LogP contribution in [0.15, 0.2) is 53.7 Å². The molecule has 1 fully saturated rings. The van der Waals surface area contributed by atoms with E-state index in [0.29, 0.717) is 37.2 Å². The molecule has 28 heavy (non-hydrogen) atoms. The molecule has 0 atom stereocenters. The van der Waals surface area contributed by atoms with Crippen molar-refractivity contribution in [2.45, 2.75) is 17.7 Å². The summed E-state index contributed by atoms with van der Waals surface area (Å²) in [6.45, 7) is 0.921. The Hall–Kier alpha value is -2.94. The Morgan fingerprint density at radius 1 is 1.07 bits per heavy atom. The van der Waals surface area contributed by atoms with Gasteiger partial charge in [0.15, 0.2) is 0 Å². The number of anilines is 1. The number of hydrogen-bond donors (Lipinski definition) is 1. The lowest BCUT2D eigenvalue weighted by Crippen LogP contribution is -2.40. The Bertz CT molecular complexity index is 937. The van der Waals surface area contributed by atoms with E-state index in [1.54, 1.807) is 17.0 Å². The van der Waals surface area contributed by atoms with E-state index in [2.05, 4.69) is 9.71 Å². The molecular weight excluding hydrogens is 382 g/mol. The van der Waals surface area contributed by atoms with Crippen molar-refractivity contribution in [3.05, 3.63) is 54.4 Å². The zero-order valence-corrected chi connectivity index (χ0v) is 16.2. The quantitative estimate of drug-likeness (QED) is 0.765. The molecule has 1 aliphatic rings. The molecule has 3 rings (SSSR count). The highest BCUT2D eigenvalue weighted by Crippen LogP contribution is 2.21. The highest BCUT2D eigenvalue weighted by Gasteiger charge is 2.28. The molecule has 1 aliphatic heterocycles. The molecule has 0 spiro atoms. The van der Waals surface area contributed by atoms with Crippen molar-refractivity contribution in [3.8, 4) is 0 Å². The predicted octanol–water partition coefficient (Wildman–Crippen LogP) is 1.91. The minimum Gasteiger partial charge on any atom is -0.469 e. The van der Waals surface area contributed by atoms with Crippen LogP contribution in [0.4, 0.5) is 5.69 Å². The van der Waals surface area contributed by atoms with Crippen molar-refractivity contribution in [3.63, 3.8) is 0 Å². The number of hydrogen-bond acceptors (Lipinski definition) is 6. The van der Waals surface area contributed by atoms with Gasteiger partial charge in [-0.1, -0.05) is 0 Å². The number of ether oxygens (including phenoxy) is 1. The zero-order chi connectivity index (χ0) is 20.1. The van der Waals surface area contributed by atoms with E-state index in [0.717, 1.165) is 0 Å². The van der Waals surface area contributed by atoms with Gasteiger partial charge in [0.05, 0.1) is 23.6 Å². The summed E-state index contributed by atoms with van der Waals surface area (Å²) in [5.41, 5.74) is 0.808. The van der Waals surface area contributed by atoms with E-state index in [-0.39, 0.29) is 22.7 Å². The van der Waals surface area contributed by atoms with E-state index in [1.807, 2.05) is 0 Å². The number of esters is 1. The maximum Gasteiger partial charge on any atom is 0.308 e. The first kappa shape index (κ1) is 19.8. The van der Waals surface area contributed by atoms with Gasteiger partial charge in [-0.05, 0) is 49.2 Å². The Labute approximate surface area is 163 Å². The van der Waals surface area contributed by atoms with E-state index < -0.39 is 10.0 Å². The minimum atomic E-state index is -3.75. The summed E-state index contributed by atoms with van der Waals surface area (Å²) in [6.07, 6.45) is 4.09. The van der Waals surface area contributed by atoms with Gasteiger partial charge in [-0.2, -0.15) is 0 Å². The third-order valence-corrected chi connectivity index (χ3v) is 6.06. The van der Waals surface area contributed by atoms with Gasteiger partial charge in [0.25, 0.3) is 15.9 Å². The summed E-state index contributed by atoms with van der Waals surface area (Å²) in [7, 11) is -2.39. The van der Waals surface area contributed by atoms with E-state index in [9.17, 15) is 18.0 Å². The summed E-state index contributed by atoms with van der Waals surface area (Å²) >= 11 is 0. The molecule has 1 N–H and O–H groups in total. The molecular formula is C19H21N3O5S. The topological polar surface area (TPSA) is 106 Å². The second-order valence-corrected chi connectivity index (χ2v) is 8.14. The van der Waals surface area contributed by atoms with E-state index in [4.69, 9.17) is 4.74 Å². The van der Waals surface area contributed by atoms with Gasteiger partial charge in [0, 0.05) is 31.0 Å². The molecule has 9 heteroatoms. The largest absolute Gasteiger partial charge is 0.469 e. The number of pyridine rings is 1. The number of methoxy groups -OCH3 is 1. The summed E-state index contributed by atoms with van der Waals surface area (Å²) in [5.74, 6) is -0.612. The first-order valence-electron chi connectivity index (χ1n) is 8.81. The molecule has 1 aromatic heterocycles. The Morgan fingerprint density at radius 3 is 2.25 bits per heavy atom. The van der Waals surface area contributed by atoms with Crippen LogP contribution >= 0.6 is 0 Å². The van der Waals surface area contributed by atoms with Crippen LogP contribution in [0, 0.1) is 5.92 Å². The number of benzene rings is 1. The van der Waals surface area contributed by atoms with Crippen molar-refractivity contribution in [1.82, 2.24) is 9.88 Å². The molecule has 1 aromatic carbocycles. The van der Waals surface area contributed by atoms with Crippen molar-refractivity contribution in [2.75, 3.05) is 24.9 Å². The number of carbonyl (C=O) groups excluding carboxylic acids is 2. The predicted molar refractivity (Wildman–Crippen MR) is 102 cm³/mol. The van der Waals surface area contributed by atoms with Crippen LogP contribution in [0.2, 0.25) is 0 Å². The van der Waals surface area contributed by atoms with Crippen LogP contribution in [-0.2, 0) is 19.6 Å². The van der Waals surface area contributed by atoms with Gasteiger partial charge in [0.2, 0.25) is 0 Å². The summed E-state index contributed by atoms with van der Waals surface area (Å²) < 4.78 is 32.1. The summed E-state index contributed by atoms with van der Waals surface area (Å²) in [5, 5.41) is 0. The van der Waals surface area contributed by atoms with Gasteiger partial charge in [-0.15, -0.1) is 0 Å². The van der Waals surface area contributed by atoms with Crippen molar-refractivity contribution < 1.29 is 22.7 Å². The SMILES string of the molecule is COC(=O)C1CCN(C(=O)c2ccc(S(=O)(=O)Nc3ccncc3)cc2)CC1.